The molecule has 0 saturated heterocycles. The lowest BCUT2D eigenvalue weighted by Crippen LogP contribution is -2.31. The Balaban J connectivity index is 1.98. The SMILES string of the molecule is CC(=O)c1ccc(S(=O)(=O)N(C)CCOc2ccc(Cl)cc2)cc1. The van der Waals surface area contributed by atoms with Crippen LogP contribution >= 0.6 is 11.6 Å². The van der Waals surface area contributed by atoms with Crippen molar-refractivity contribution in [2.24, 2.45) is 0 Å². The van der Waals surface area contributed by atoms with Gasteiger partial charge in [0.1, 0.15) is 12.4 Å². The van der Waals surface area contributed by atoms with Crippen molar-refractivity contribution < 1.29 is 17.9 Å². The van der Waals surface area contributed by atoms with Crippen LogP contribution in [0.15, 0.2) is 53.4 Å². The summed E-state index contributed by atoms with van der Waals surface area (Å²) >= 11 is 5.79. The van der Waals surface area contributed by atoms with Crippen molar-refractivity contribution in [1.29, 1.82) is 0 Å². The van der Waals surface area contributed by atoms with E-state index in [0.717, 1.165) is 0 Å². The molecule has 0 unspecified atom stereocenters. The summed E-state index contributed by atoms with van der Waals surface area (Å²) in [5.74, 6) is 0.514. The van der Waals surface area contributed by atoms with Crippen LogP contribution in [0.5, 0.6) is 5.75 Å². The Bertz CT molecular complexity index is 801. The molecule has 0 N–H and O–H groups in total. The zero-order valence-electron chi connectivity index (χ0n) is 13.4. The summed E-state index contributed by atoms with van der Waals surface area (Å²) in [6, 6.07) is 12.7. The summed E-state index contributed by atoms with van der Waals surface area (Å²) in [4.78, 5) is 11.4. The predicted molar refractivity (Wildman–Crippen MR) is 93.2 cm³/mol. The maximum absolute atomic E-state index is 12.5. The fourth-order valence-electron chi connectivity index (χ4n) is 1.98. The van der Waals surface area contributed by atoms with E-state index in [2.05, 4.69) is 0 Å². The molecule has 0 heterocycles. The highest BCUT2D eigenvalue weighted by Crippen LogP contribution is 2.17. The third-order valence-electron chi connectivity index (χ3n) is 3.46. The van der Waals surface area contributed by atoms with Crippen molar-refractivity contribution in [2.45, 2.75) is 11.8 Å². The third kappa shape index (κ3) is 4.56. The number of carbonyl (C=O) groups excluding carboxylic acids is 1. The smallest absolute Gasteiger partial charge is 0.242 e. The second-order valence-electron chi connectivity index (χ2n) is 5.21. The molecule has 0 spiro atoms. The van der Waals surface area contributed by atoms with Crippen LogP contribution in [0.4, 0.5) is 0 Å². The van der Waals surface area contributed by atoms with Crippen LogP contribution in [0.25, 0.3) is 0 Å². The molecule has 7 heteroatoms. The molecule has 2 aromatic carbocycles. The fraction of sp³-hybridized carbons (Fsp3) is 0.235. The Hall–Kier alpha value is -1.89. The molecule has 0 aliphatic heterocycles. The minimum Gasteiger partial charge on any atom is -0.492 e. The number of halogens is 1. The Morgan fingerprint density at radius 2 is 1.67 bits per heavy atom. The number of hydrogen-bond acceptors (Lipinski definition) is 4. The zero-order valence-corrected chi connectivity index (χ0v) is 15.0. The molecular formula is C17H18ClNO4S. The van der Waals surface area contributed by atoms with Crippen LogP contribution < -0.4 is 4.74 Å². The van der Waals surface area contributed by atoms with Gasteiger partial charge in [-0.1, -0.05) is 23.7 Å². The van der Waals surface area contributed by atoms with Crippen LogP contribution in [0.3, 0.4) is 0 Å². The normalized spacial score (nSPS) is 11.5. The molecule has 2 aromatic rings. The van der Waals surface area contributed by atoms with Gasteiger partial charge in [0, 0.05) is 24.2 Å². The van der Waals surface area contributed by atoms with Crippen LogP contribution in [0.2, 0.25) is 5.02 Å². The van der Waals surface area contributed by atoms with Gasteiger partial charge in [0.05, 0.1) is 4.90 Å². The van der Waals surface area contributed by atoms with Crippen LogP contribution in [0, 0.1) is 0 Å². The van der Waals surface area contributed by atoms with E-state index in [0.29, 0.717) is 16.3 Å². The van der Waals surface area contributed by atoms with Gasteiger partial charge in [-0.2, -0.15) is 4.31 Å². The van der Waals surface area contributed by atoms with Crippen molar-refractivity contribution in [2.75, 3.05) is 20.2 Å². The Morgan fingerprint density at radius 3 is 2.21 bits per heavy atom. The highest BCUT2D eigenvalue weighted by molar-refractivity contribution is 7.89. The molecule has 0 radical (unpaired) electrons. The molecule has 0 saturated carbocycles. The van der Waals surface area contributed by atoms with E-state index in [9.17, 15) is 13.2 Å². The lowest BCUT2D eigenvalue weighted by molar-refractivity contribution is 0.101. The van der Waals surface area contributed by atoms with E-state index >= 15 is 0 Å². The maximum atomic E-state index is 12.5. The van der Waals surface area contributed by atoms with Crippen LogP contribution in [-0.2, 0) is 10.0 Å². The fourth-order valence-corrected chi connectivity index (χ4v) is 3.27. The average Bonchev–Trinajstić information content (AvgIpc) is 2.56. The van der Waals surface area contributed by atoms with Crippen LogP contribution in [0.1, 0.15) is 17.3 Å². The minimum atomic E-state index is -3.62. The molecule has 0 fully saturated rings. The van der Waals surface area contributed by atoms with Crippen LogP contribution in [-0.4, -0.2) is 38.7 Å². The topological polar surface area (TPSA) is 63.7 Å². The first kappa shape index (κ1) is 18.4. The largest absolute Gasteiger partial charge is 0.492 e. The highest BCUT2D eigenvalue weighted by Gasteiger charge is 2.20. The van der Waals surface area contributed by atoms with Crippen molar-refractivity contribution in [3.05, 3.63) is 59.1 Å². The molecule has 0 atom stereocenters. The molecule has 2 rings (SSSR count). The van der Waals surface area contributed by atoms with Gasteiger partial charge in [-0.15, -0.1) is 0 Å². The molecular weight excluding hydrogens is 350 g/mol. The van der Waals surface area contributed by atoms with E-state index in [1.165, 1.54) is 42.5 Å². The van der Waals surface area contributed by atoms with Gasteiger partial charge in [-0.05, 0) is 43.3 Å². The van der Waals surface area contributed by atoms with Gasteiger partial charge in [0.25, 0.3) is 0 Å². The monoisotopic (exact) mass is 367 g/mol. The quantitative estimate of drug-likeness (QED) is 0.705. The van der Waals surface area contributed by atoms with E-state index in [-0.39, 0.29) is 23.8 Å². The first-order valence-corrected chi connectivity index (χ1v) is 9.08. The molecule has 0 aliphatic carbocycles. The summed E-state index contributed by atoms with van der Waals surface area (Å²) in [6.07, 6.45) is 0. The highest BCUT2D eigenvalue weighted by atomic mass is 35.5. The lowest BCUT2D eigenvalue weighted by atomic mass is 10.2. The first-order chi connectivity index (χ1) is 11.3. The average molecular weight is 368 g/mol. The standard InChI is InChI=1S/C17H18ClNO4S/c1-13(20)14-3-9-17(10-4-14)24(21,22)19(2)11-12-23-16-7-5-15(18)6-8-16/h3-10H,11-12H2,1-2H3. The van der Waals surface area contributed by atoms with E-state index in [4.69, 9.17) is 16.3 Å². The number of nitrogens with zero attached hydrogens (tertiary/aromatic N) is 1. The third-order valence-corrected chi connectivity index (χ3v) is 5.58. The number of hydrogen-bond donors (Lipinski definition) is 0. The van der Waals surface area contributed by atoms with Gasteiger partial charge in [-0.3, -0.25) is 4.79 Å². The molecule has 128 valence electrons. The van der Waals surface area contributed by atoms with Gasteiger partial charge < -0.3 is 4.74 Å². The Kier molecular flexibility index (Phi) is 5.99. The summed E-state index contributed by atoms with van der Waals surface area (Å²) in [5, 5.41) is 0.607. The number of rotatable bonds is 7. The predicted octanol–water partition coefficient (Wildman–Crippen LogP) is 3.24. The van der Waals surface area contributed by atoms with Gasteiger partial charge >= 0.3 is 0 Å². The van der Waals surface area contributed by atoms with Gasteiger partial charge in [0.2, 0.25) is 10.0 Å². The van der Waals surface area contributed by atoms with Crippen molar-refractivity contribution in [3.8, 4) is 5.75 Å². The number of ether oxygens (including phenoxy) is 1. The Labute approximate surface area is 146 Å². The molecule has 0 bridgehead atoms. The number of likely N-dealkylation sites (N-methyl/N-ethyl adjacent to an activating group) is 1. The molecule has 5 nitrogen and oxygen atoms in total. The summed E-state index contributed by atoms with van der Waals surface area (Å²) in [7, 11) is -2.14. The molecule has 0 aromatic heterocycles. The van der Waals surface area contributed by atoms with Crippen molar-refractivity contribution in [3.63, 3.8) is 0 Å². The van der Waals surface area contributed by atoms with Crippen molar-refractivity contribution >= 4 is 27.4 Å². The number of Topliss-reactive ketones (excluding diaryl/α,β-unsaturated/α-hetero) is 1. The molecule has 24 heavy (non-hydrogen) atoms. The summed E-state index contributed by atoms with van der Waals surface area (Å²) in [6.45, 7) is 1.84. The first-order valence-electron chi connectivity index (χ1n) is 7.26. The van der Waals surface area contributed by atoms with E-state index in [1.807, 2.05) is 0 Å². The van der Waals surface area contributed by atoms with E-state index < -0.39 is 10.0 Å². The minimum absolute atomic E-state index is 0.108. The maximum Gasteiger partial charge on any atom is 0.242 e. The number of sulfonamides is 1. The zero-order chi connectivity index (χ0) is 17.7. The van der Waals surface area contributed by atoms with Crippen molar-refractivity contribution in [1.82, 2.24) is 4.31 Å². The second-order valence-corrected chi connectivity index (χ2v) is 7.69. The molecule has 0 amide bonds. The summed E-state index contributed by atoms with van der Waals surface area (Å²) < 4.78 is 31.7. The number of carbonyl (C=O) groups is 1. The van der Waals surface area contributed by atoms with E-state index in [1.54, 1.807) is 24.3 Å². The second kappa shape index (κ2) is 7.79. The molecule has 0 aliphatic rings. The Morgan fingerprint density at radius 1 is 1.08 bits per heavy atom. The number of benzene rings is 2. The lowest BCUT2D eigenvalue weighted by Gasteiger charge is -2.17. The van der Waals surface area contributed by atoms with Gasteiger partial charge in [0.15, 0.2) is 5.78 Å². The van der Waals surface area contributed by atoms with Gasteiger partial charge in [-0.25, -0.2) is 8.42 Å². The summed E-state index contributed by atoms with van der Waals surface area (Å²) in [5.41, 5.74) is 0.475. The number of ketones is 1.